The Labute approximate surface area is 112 Å². The van der Waals surface area contributed by atoms with Gasteiger partial charge in [-0.2, -0.15) is 0 Å². The van der Waals surface area contributed by atoms with Crippen LogP contribution in [-0.4, -0.2) is 35.1 Å². The van der Waals surface area contributed by atoms with Crippen LogP contribution in [0.15, 0.2) is 36.9 Å². The lowest BCUT2D eigenvalue weighted by Gasteiger charge is -2.08. The van der Waals surface area contributed by atoms with Crippen molar-refractivity contribution in [3.8, 4) is 0 Å². The van der Waals surface area contributed by atoms with E-state index in [1.165, 1.54) is 0 Å². The molecular formula is C13H18N6. The van der Waals surface area contributed by atoms with Gasteiger partial charge >= 0.3 is 0 Å². The summed E-state index contributed by atoms with van der Waals surface area (Å²) in [6.07, 6.45) is 6.07. The molecule has 3 N–H and O–H groups in total. The molecule has 2 heterocycles. The smallest absolute Gasteiger partial charge is 0.135 e. The molecule has 0 amide bonds. The molecule has 0 unspecified atom stereocenters. The molecular weight excluding hydrogens is 240 g/mol. The van der Waals surface area contributed by atoms with Crippen molar-refractivity contribution >= 4 is 17.3 Å². The van der Waals surface area contributed by atoms with Crippen molar-refractivity contribution in [2.24, 2.45) is 0 Å². The molecule has 6 heteroatoms. The lowest BCUT2D eigenvalue weighted by atomic mass is 10.4. The summed E-state index contributed by atoms with van der Waals surface area (Å²) in [5.41, 5.74) is 0.954. The zero-order valence-corrected chi connectivity index (χ0v) is 10.9. The van der Waals surface area contributed by atoms with Gasteiger partial charge in [0.15, 0.2) is 0 Å². The van der Waals surface area contributed by atoms with Crippen LogP contribution in [0.3, 0.4) is 0 Å². The number of nitrogens with zero attached hydrogens (tertiary/aromatic N) is 3. The number of hydrogen-bond acceptors (Lipinski definition) is 6. The molecule has 0 aliphatic carbocycles. The molecule has 100 valence electrons. The van der Waals surface area contributed by atoms with Gasteiger partial charge in [0.05, 0.1) is 0 Å². The van der Waals surface area contributed by atoms with Crippen molar-refractivity contribution in [1.29, 1.82) is 0 Å². The molecule has 0 saturated carbocycles. The first-order chi connectivity index (χ1) is 9.38. The van der Waals surface area contributed by atoms with Crippen molar-refractivity contribution in [2.75, 3.05) is 30.8 Å². The van der Waals surface area contributed by atoms with Gasteiger partial charge in [-0.25, -0.2) is 9.97 Å². The molecule has 2 aromatic heterocycles. The van der Waals surface area contributed by atoms with E-state index in [9.17, 15) is 0 Å². The molecule has 0 fully saturated rings. The van der Waals surface area contributed by atoms with Gasteiger partial charge in [0, 0.05) is 30.7 Å². The lowest BCUT2D eigenvalue weighted by molar-refractivity contribution is 0.746. The van der Waals surface area contributed by atoms with E-state index in [1.807, 2.05) is 25.2 Å². The molecule has 2 aromatic rings. The van der Waals surface area contributed by atoms with E-state index in [0.717, 1.165) is 36.8 Å². The quantitative estimate of drug-likeness (QED) is 0.656. The molecule has 19 heavy (non-hydrogen) atoms. The average Bonchev–Trinajstić information content (AvgIpc) is 2.45. The standard InChI is InChI=1S/C13H18N6/c1-14-5-2-6-16-12-9-13(18-10-17-12)19-11-3-7-15-8-4-11/h3-4,7-10,14H,2,5-6H2,1H3,(H2,15,16,17,18,19). The van der Waals surface area contributed by atoms with E-state index in [0.29, 0.717) is 0 Å². The van der Waals surface area contributed by atoms with E-state index in [4.69, 9.17) is 0 Å². The van der Waals surface area contributed by atoms with Crippen LogP contribution >= 0.6 is 0 Å². The molecule has 0 spiro atoms. The molecule has 0 radical (unpaired) electrons. The van der Waals surface area contributed by atoms with E-state index in [-0.39, 0.29) is 0 Å². The molecule has 0 atom stereocenters. The fraction of sp³-hybridized carbons (Fsp3) is 0.308. The Morgan fingerprint density at radius 1 is 1.05 bits per heavy atom. The summed E-state index contributed by atoms with van der Waals surface area (Å²) in [6, 6.07) is 5.67. The van der Waals surface area contributed by atoms with Crippen LogP contribution < -0.4 is 16.0 Å². The third-order valence-corrected chi connectivity index (χ3v) is 2.53. The van der Waals surface area contributed by atoms with Crippen LogP contribution in [0.4, 0.5) is 17.3 Å². The molecule has 6 nitrogen and oxygen atoms in total. The van der Waals surface area contributed by atoms with Crippen molar-refractivity contribution in [1.82, 2.24) is 20.3 Å². The maximum absolute atomic E-state index is 4.18. The normalized spacial score (nSPS) is 10.2. The van der Waals surface area contributed by atoms with Gasteiger partial charge in [0.25, 0.3) is 0 Å². The number of hydrogen-bond donors (Lipinski definition) is 3. The first kappa shape index (κ1) is 13.2. The van der Waals surface area contributed by atoms with E-state index in [1.54, 1.807) is 18.7 Å². The number of nitrogens with one attached hydrogen (secondary N) is 3. The van der Waals surface area contributed by atoms with Crippen LogP contribution in [0.2, 0.25) is 0 Å². The van der Waals surface area contributed by atoms with Crippen molar-refractivity contribution in [2.45, 2.75) is 6.42 Å². The summed E-state index contributed by atoms with van der Waals surface area (Å²) < 4.78 is 0. The Hall–Kier alpha value is -2.21. The summed E-state index contributed by atoms with van der Waals surface area (Å²) in [5.74, 6) is 1.58. The average molecular weight is 258 g/mol. The predicted octanol–water partition coefficient (Wildman–Crippen LogP) is 1.64. The molecule has 0 aromatic carbocycles. The second-order valence-corrected chi connectivity index (χ2v) is 4.03. The Morgan fingerprint density at radius 2 is 1.84 bits per heavy atom. The SMILES string of the molecule is CNCCCNc1cc(Nc2ccncc2)ncn1. The molecule has 0 saturated heterocycles. The van der Waals surface area contributed by atoms with Crippen LogP contribution in [-0.2, 0) is 0 Å². The molecule has 0 aliphatic heterocycles. The number of rotatable bonds is 7. The second kappa shape index (κ2) is 7.27. The highest BCUT2D eigenvalue weighted by Crippen LogP contribution is 2.14. The van der Waals surface area contributed by atoms with Gasteiger partial charge in [-0.05, 0) is 32.1 Å². The van der Waals surface area contributed by atoms with E-state index < -0.39 is 0 Å². The highest BCUT2D eigenvalue weighted by atomic mass is 15.1. The highest BCUT2D eigenvalue weighted by Gasteiger charge is 1.99. The second-order valence-electron chi connectivity index (χ2n) is 4.03. The minimum Gasteiger partial charge on any atom is -0.370 e. The predicted molar refractivity (Wildman–Crippen MR) is 76.6 cm³/mol. The Bertz CT molecular complexity index is 488. The van der Waals surface area contributed by atoms with Crippen LogP contribution in [0.1, 0.15) is 6.42 Å². The van der Waals surface area contributed by atoms with E-state index in [2.05, 4.69) is 30.9 Å². The topological polar surface area (TPSA) is 74.8 Å². The van der Waals surface area contributed by atoms with Crippen LogP contribution in [0.5, 0.6) is 0 Å². The van der Waals surface area contributed by atoms with E-state index >= 15 is 0 Å². The molecule has 0 aliphatic rings. The number of pyridine rings is 1. The third kappa shape index (κ3) is 4.51. The zero-order valence-electron chi connectivity index (χ0n) is 10.9. The van der Waals surface area contributed by atoms with Gasteiger partial charge in [-0.1, -0.05) is 0 Å². The first-order valence-electron chi connectivity index (χ1n) is 6.26. The largest absolute Gasteiger partial charge is 0.370 e. The molecule has 0 bridgehead atoms. The summed E-state index contributed by atoms with van der Waals surface area (Å²) in [6.45, 7) is 1.87. The monoisotopic (exact) mass is 258 g/mol. The van der Waals surface area contributed by atoms with Gasteiger partial charge in [0.2, 0.25) is 0 Å². The fourth-order valence-corrected chi connectivity index (χ4v) is 1.59. The number of anilines is 3. The van der Waals surface area contributed by atoms with Crippen molar-refractivity contribution < 1.29 is 0 Å². The van der Waals surface area contributed by atoms with Gasteiger partial charge < -0.3 is 16.0 Å². The van der Waals surface area contributed by atoms with Gasteiger partial charge in [-0.3, -0.25) is 4.98 Å². The number of aromatic nitrogens is 3. The summed E-state index contributed by atoms with van der Waals surface area (Å²) in [4.78, 5) is 12.3. The Morgan fingerprint density at radius 3 is 2.63 bits per heavy atom. The minimum absolute atomic E-state index is 0.761. The van der Waals surface area contributed by atoms with Crippen LogP contribution in [0, 0.1) is 0 Å². The zero-order chi connectivity index (χ0) is 13.3. The van der Waals surface area contributed by atoms with Crippen LogP contribution in [0.25, 0.3) is 0 Å². The minimum atomic E-state index is 0.761. The van der Waals surface area contributed by atoms with Crippen molar-refractivity contribution in [3.63, 3.8) is 0 Å². The molecule has 2 rings (SSSR count). The Balaban J connectivity index is 1.91. The van der Waals surface area contributed by atoms with Crippen molar-refractivity contribution in [3.05, 3.63) is 36.9 Å². The maximum atomic E-state index is 4.18. The first-order valence-corrected chi connectivity index (χ1v) is 6.26. The lowest BCUT2D eigenvalue weighted by Crippen LogP contribution is -2.13. The highest BCUT2D eigenvalue weighted by molar-refractivity contribution is 5.57. The summed E-state index contributed by atoms with van der Waals surface area (Å²) in [5, 5.41) is 9.57. The summed E-state index contributed by atoms with van der Waals surface area (Å²) >= 11 is 0. The third-order valence-electron chi connectivity index (χ3n) is 2.53. The fourth-order valence-electron chi connectivity index (χ4n) is 1.59. The Kier molecular flexibility index (Phi) is 5.06. The maximum Gasteiger partial charge on any atom is 0.135 e. The van der Waals surface area contributed by atoms with Gasteiger partial charge in [0.1, 0.15) is 18.0 Å². The van der Waals surface area contributed by atoms with Gasteiger partial charge in [-0.15, -0.1) is 0 Å². The summed E-state index contributed by atoms with van der Waals surface area (Å²) in [7, 11) is 1.95.